The number of fused-ring (bicyclic) bond motifs is 1. The van der Waals surface area contributed by atoms with Crippen LogP contribution in [0.1, 0.15) is 23.7 Å². The van der Waals surface area contributed by atoms with Crippen LogP contribution in [-0.4, -0.2) is 17.3 Å². The Bertz CT molecular complexity index is 827. The summed E-state index contributed by atoms with van der Waals surface area (Å²) >= 11 is 0. The SMILES string of the molecule is CC(CN)CC(=O)c1cc(-c2ccccc2)nc2ccccc12. The van der Waals surface area contributed by atoms with Gasteiger partial charge in [0, 0.05) is 22.9 Å². The summed E-state index contributed by atoms with van der Waals surface area (Å²) < 4.78 is 0. The smallest absolute Gasteiger partial charge is 0.163 e. The van der Waals surface area contributed by atoms with Gasteiger partial charge in [0.1, 0.15) is 0 Å². The minimum atomic E-state index is 0.124. The van der Waals surface area contributed by atoms with Crippen molar-refractivity contribution in [2.45, 2.75) is 13.3 Å². The van der Waals surface area contributed by atoms with Gasteiger partial charge >= 0.3 is 0 Å². The van der Waals surface area contributed by atoms with Crippen molar-refractivity contribution < 1.29 is 4.79 Å². The number of rotatable bonds is 5. The highest BCUT2D eigenvalue weighted by atomic mass is 16.1. The lowest BCUT2D eigenvalue weighted by Gasteiger charge is -2.11. The van der Waals surface area contributed by atoms with Gasteiger partial charge in [-0.1, -0.05) is 55.5 Å². The maximum atomic E-state index is 12.7. The van der Waals surface area contributed by atoms with Crippen LogP contribution in [0, 0.1) is 5.92 Å². The molecule has 0 aliphatic heterocycles. The highest BCUT2D eigenvalue weighted by Gasteiger charge is 2.15. The molecule has 0 saturated carbocycles. The van der Waals surface area contributed by atoms with Gasteiger partial charge in [-0.3, -0.25) is 4.79 Å². The highest BCUT2D eigenvalue weighted by Crippen LogP contribution is 2.26. The molecule has 2 aromatic carbocycles. The van der Waals surface area contributed by atoms with Crippen molar-refractivity contribution >= 4 is 16.7 Å². The molecule has 0 amide bonds. The molecule has 0 aliphatic rings. The molecule has 3 nitrogen and oxygen atoms in total. The van der Waals surface area contributed by atoms with E-state index in [4.69, 9.17) is 10.7 Å². The van der Waals surface area contributed by atoms with E-state index in [0.29, 0.717) is 13.0 Å². The minimum Gasteiger partial charge on any atom is -0.330 e. The molecule has 1 heterocycles. The van der Waals surface area contributed by atoms with E-state index in [2.05, 4.69) is 0 Å². The quantitative estimate of drug-likeness (QED) is 0.723. The number of aromatic nitrogens is 1. The number of pyridine rings is 1. The van der Waals surface area contributed by atoms with Gasteiger partial charge in [-0.05, 0) is 24.6 Å². The number of nitrogens with zero attached hydrogens (tertiary/aromatic N) is 1. The Hall–Kier alpha value is -2.52. The second kappa shape index (κ2) is 6.71. The zero-order chi connectivity index (χ0) is 16.2. The molecule has 0 fully saturated rings. The van der Waals surface area contributed by atoms with Crippen LogP contribution < -0.4 is 5.73 Å². The molecule has 1 aromatic heterocycles. The molecule has 2 N–H and O–H groups in total. The number of para-hydroxylation sites is 1. The zero-order valence-electron chi connectivity index (χ0n) is 13.2. The van der Waals surface area contributed by atoms with E-state index < -0.39 is 0 Å². The summed E-state index contributed by atoms with van der Waals surface area (Å²) in [6, 6.07) is 19.6. The lowest BCUT2D eigenvalue weighted by Crippen LogP contribution is -2.15. The summed E-state index contributed by atoms with van der Waals surface area (Å²) in [6.07, 6.45) is 0.457. The van der Waals surface area contributed by atoms with E-state index in [9.17, 15) is 4.79 Å². The third kappa shape index (κ3) is 3.30. The van der Waals surface area contributed by atoms with Crippen LogP contribution in [0.3, 0.4) is 0 Å². The Morgan fingerprint density at radius 1 is 1.09 bits per heavy atom. The van der Waals surface area contributed by atoms with Gasteiger partial charge in [0.15, 0.2) is 5.78 Å². The van der Waals surface area contributed by atoms with Crippen molar-refractivity contribution in [3.8, 4) is 11.3 Å². The van der Waals surface area contributed by atoms with Crippen LogP contribution in [0.4, 0.5) is 0 Å². The van der Waals surface area contributed by atoms with Crippen molar-refractivity contribution in [3.05, 3.63) is 66.2 Å². The number of carbonyl (C=O) groups is 1. The fourth-order valence-corrected chi connectivity index (χ4v) is 2.67. The van der Waals surface area contributed by atoms with Gasteiger partial charge in [-0.25, -0.2) is 4.98 Å². The number of carbonyl (C=O) groups excluding carboxylic acids is 1. The van der Waals surface area contributed by atoms with E-state index in [1.54, 1.807) is 0 Å². The minimum absolute atomic E-state index is 0.124. The molecule has 0 bridgehead atoms. The average molecular weight is 304 g/mol. The molecular weight excluding hydrogens is 284 g/mol. The summed E-state index contributed by atoms with van der Waals surface area (Å²) in [5.41, 5.74) is 9.08. The first-order chi connectivity index (χ1) is 11.2. The Morgan fingerprint density at radius 3 is 2.52 bits per heavy atom. The van der Waals surface area contributed by atoms with E-state index in [-0.39, 0.29) is 11.7 Å². The van der Waals surface area contributed by atoms with Gasteiger partial charge in [0.05, 0.1) is 11.2 Å². The van der Waals surface area contributed by atoms with Crippen LogP contribution in [0.25, 0.3) is 22.2 Å². The van der Waals surface area contributed by atoms with Crippen molar-refractivity contribution in [3.63, 3.8) is 0 Å². The second-order valence-electron chi connectivity index (χ2n) is 5.91. The predicted molar refractivity (Wildman–Crippen MR) is 94.3 cm³/mol. The Labute approximate surface area is 136 Å². The molecule has 0 radical (unpaired) electrons. The van der Waals surface area contributed by atoms with E-state index >= 15 is 0 Å². The predicted octanol–water partition coefficient (Wildman–Crippen LogP) is 4.07. The number of Topliss-reactive ketones (excluding diaryl/α,β-unsaturated/α-hetero) is 1. The van der Waals surface area contributed by atoms with Crippen LogP contribution in [0.2, 0.25) is 0 Å². The van der Waals surface area contributed by atoms with Gasteiger partial charge in [-0.2, -0.15) is 0 Å². The van der Waals surface area contributed by atoms with Gasteiger partial charge < -0.3 is 5.73 Å². The number of nitrogens with two attached hydrogens (primary N) is 1. The third-order valence-corrected chi connectivity index (χ3v) is 4.02. The first kappa shape index (κ1) is 15.4. The monoisotopic (exact) mass is 304 g/mol. The Morgan fingerprint density at radius 2 is 1.78 bits per heavy atom. The van der Waals surface area contributed by atoms with Crippen LogP contribution in [0.15, 0.2) is 60.7 Å². The molecule has 3 heteroatoms. The van der Waals surface area contributed by atoms with Gasteiger partial charge in [0.25, 0.3) is 0 Å². The van der Waals surface area contributed by atoms with Crippen molar-refractivity contribution in [1.82, 2.24) is 4.98 Å². The van der Waals surface area contributed by atoms with E-state index in [1.807, 2.05) is 67.6 Å². The van der Waals surface area contributed by atoms with Crippen molar-refractivity contribution in [2.24, 2.45) is 11.7 Å². The van der Waals surface area contributed by atoms with Crippen molar-refractivity contribution in [2.75, 3.05) is 6.54 Å². The molecule has 1 unspecified atom stereocenters. The fourth-order valence-electron chi connectivity index (χ4n) is 2.67. The molecule has 0 saturated heterocycles. The maximum Gasteiger partial charge on any atom is 0.163 e. The summed E-state index contributed by atoms with van der Waals surface area (Å²) in [4.78, 5) is 17.4. The average Bonchev–Trinajstić information content (AvgIpc) is 2.61. The lowest BCUT2D eigenvalue weighted by molar-refractivity contribution is 0.0967. The fraction of sp³-hybridized carbons (Fsp3) is 0.200. The van der Waals surface area contributed by atoms with E-state index in [1.165, 1.54) is 0 Å². The maximum absolute atomic E-state index is 12.7. The molecule has 3 rings (SSSR count). The van der Waals surface area contributed by atoms with Crippen molar-refractivity contribution in [1.29, 1.82) is 0 Å². The molecule has 116 valence electrons. The molecular formula is C20H20N2O. The van der Waals surface area contributed by atoms with Gasteiger partial charge in [0.2, 0.25) is 0 Å². The molecule has 0 aliphatic carbocycles. The largest absolute Gasteiger partial charge is 0.330 e. The first-order valence-electron chi connectivity index (χ1n) is 7.87. The van der Waals surface area contributed by atoms with Crippen LogP contribution in [-0.2, 0) is 0 Å². The zero-order valence-corrected chi connectivity index (χ0v) is 13.2. The summed E-state index contributed by atoms with van der Waals surface area (Å²) in [6.45, 7) is 2.51. The first-order valence-corrected chi connectivity index (χ1v) is 7.87. The molecule has 3 aromatic rings. The standard InChI is InChI=1S/C20H20N2O/c1-14(13-21)11-20(23)17-12-19(15-7-3-2-4-8-15)22-18-10-6-5-9-16(17)18/h2-10,12,14H,11,13,21H2,1H3. The number of hydrogen-bond donors (Lipinski definition) is 1. The normalized spacial score (nSPS) is 12.3. The highest BCUT2D eigenvalue weighted by molar-refractivity contribution is 6.08. The summed E-state index contributed by atoms with van der Waals surface area (Å²) in [5, 5.41) is 0.904. The topological polar surface area (TPSA) is 56.0 Å². The lowest BCUT2D eigenvalue weighted by atomic mass is 9.95. The van der Waals surface area contributed by atoms with E-state index in [0.717, 1.165) is 27.7 Å². The summed E-state index contributed by atoms with van der Waals surface area (Å²) in [7, 11) is 0. The third-order valence-electron chi connectivity index (χ3n) is 4.02. The number of ketones is 1. The number of benzene rings is 2. The van der Waals surface area contributed by atoms with Gasteiger partial charge in [-0.15, -0.1) is 0 Å². The molecule has 23 heavy (non-hydrogen) atoms. The molecule has 0 spiro atoms. The Kier molecular flexibility index (Phi) is 4.49. The van der Waals surface area contributed by atoms with Crippen LogP contribution >= 0.6 is 0 Å². The number of hydrogen-bond acceptors (Lipinski definition) is 3. The second-order valence-corrected chi connectivity index (χ2v) is 5.91. The molecule has 1 atom stereocenters. The summed E-state index contributed by atoms with van der Waals surface area (Å²) in [5.74, 6) is 0.299. The van der Waals surface area contributed by atoms with Crippen LogP contribution in [0.5, 0.6) is 0 Å². The Balaban J connectivity index is 2.13.